The van der Waals surface area contributed by atoms with E-state index in [4.69, 9.17) is 0 Å². The molecule has 1 fully saturated rings. The number of benzene rings is 1. The molecule has 0 radical (unpaired) electrons. The van der Waals surface area contributed by atoms with Crippen LogP contribution < -0.4 is 5.32 Å². The van der Waals surface area contributed by atoms with Crippen LogP contribution in [0.5, 0.6) is 0 Å². The quantitative estimate of drug-likeness (QED) is 0.848. The molecular formula is C15H21NO. The molecule has 0 heterocycles. The highest BCUT2D eigenvalue weighted by Gasteiger charge is 2.16. The molecule has 0 bridgehead atoms. The monoisotopic (exact) mass is 231 g/mol. The van der Waals surface area contributed by atoms with Crippen LogP contribution in [0.2, 0.25) is 0 Å². The molecule has 2 heteroatoms. The zero-order valence-corrected chi connectivity index (χ0v) is 10.5. The molecule has 1 aliphatic rings. The van der Waals surface area contributed by atoms with Crippen LogP contribution in [0.3, 0.4) is 0 Å². The number of aryl methyl sites for hydroxylation is 2. The summed E-state index contributed by atoms with van der Waals surface area (Å²) in [6, 6.07) is 8.73. The van der Waals surface area contributed by atoms with Crippen LogP contribution >= 0.6 is 0 Å². The maximum atomic E-state index is 11.8. The van der Waals surface area contributed by atoms with Crippen LogP contribution in [0.1, 0.15) is 43.2 Å². The molecule has 0 aromatic heterocycles. The van der Waals surface area contributed by atoms with Crippen LogP contribution in [-0.2, 0) is 11.2 Å². The van der Waals surface area contributed by atoms with Crippen LogP contribution in [0.4, 0.5) is 0 Å². The summed E-state index contributed by atoms with van der Waals surface area (Å²) in [5, 5.41) is 3.13. The van der Waals surface area contributed by atoms with Gasteiger partial charge in [-0.3, -0.25) is 4.79 Å². The first-order valence-corrected chi connectivity index (χ1v) is 6.59. The van der Waals surface area contributed by atoms with Crippen molar-refractivity contribution in [2.24, 2.45) is 0 Å². The van der Waals surface area contributed by atoms with Gasteiger partial charge in [0, 0.05) is 12.5 Å². The molecule has 1 N–H and O–H groups in total. The summed E-state index contributed by atoms with van der Waals surface area (Å²) in [5.74, 6) is 0.208. The average molecular weight is 231 g/mol. The minimum atomic E-state index is 0.208. The maximum Gasteiger partial charge on any atom is 0.220 e. The summed E-state index contributed by atoms with van der Waals surface area (Å²) in [4.78, 5) is 11.8. The van der Waals surface area contributed by atoms with Gasteiger partial charge in [0.25, 0.3) is 0 Å². The third kappa shape index (κ3) is 3.58. The van der Waals surface area contributed by atoms with Crippen molar-refractivity contribution in [3.63, 3.8) is 0 Å². The number of carbonyl (C=O) groups excluding carboxylic acids is 1. The van der Waals surface area contributed by atoms with Gasteiger partial charge in [-0.2, -0.15) is 0 Å². The SMILES string of the molecule is Cc1ccccc1CCC(=O)NC1CCCC1. The lowest BCUT2D eigenvalue weighted by molar-refractivity contribution is -0.121. The molecule has 0 atom stereocenters. The number of nitrogens with one attached hydrogen (secondary N) is 1. The predicted octanol–water partition coefficient (Wildman–Crippen LogP) is 2.99. The normalized spacial score (nSPS) is 16.1. The molecule has 0 aliphatic heterocycles. The van der Waals surface area contributed by atoms with E-state index in [0.717, 1.165) is 19.3 Å². The number of hydrogen-bond donors (Lipinski definition) is 1. The lowest BCUT2D eigenvalue weighted by Crippen LogP contribution is -2.32. The van der Waals surface area contributed by atoms with Crippen LogP contribution in [0, 0.1) is 6.92 Å². The summed E-state index contributed by atoms with van der Waals surface area (Å²) in [6.45, 7) is 2.10. The van der Waals surface area contributed by atoms with Gasteiger partial charge in [0.15, 0.2) is 0 Å². The molecule has 2 nitrogen and oxygen atoms in total. The van der Waals surface area contributed by atoms with E-state index in [1.165, 1.54) is 24.0 Å². The Morgan fingerprint density at radius 1 is 1.29 bits per heavy atom. The van der Waals surface area contributed by atoms with E-state index in [2.05, 4.69) is 24.4 Å². The third-order valence-electron chi connectivity index (χ3n) is 3.60. The Balaban J connectivity index is 1.77. The lowest BCUT2D eigenvalue weighted by Gasteiger charge is -2.12. The summed E-state index contributed by atoms with van der Waals surface area (Å²) < 4.78 is 0. The van der Waals surface area contributed by atoms with Gasteiger partial charge < -0.3 is 5.32 Å². The van der Waals surface area contributed by atoms with Crippen molar-refractivity contribution >= 4 is 5.91 Å². The minimum absolute atomic E-state index is 0.208. The van der Waals surface area contributed by atoms with Gasteiger partial charge in [0.05, 0.1) is 0 Å². The second-order valence-electron chi connectivity index (χ2n) is 4.98. The number of amides is 1. The molecule has 0 unspecified atom stereocenters. The highest BCUT2D eigenvalue weighted by Crippen LogP contribution is 2.18. The molecular weight excluding hydrogens is 210 g/mol. The molecule has 1 amide bonds. The Kier molecular flexibility index (Phi) is 4.18. The zero-order chi connectivity index (χ0) is 12.1. The van der Waals surface area contributed by atoms with Gasteiger partial charge in [0.2, 0.25) is 5.91 Å². The molecule has 92 valence electrons. The van der Waals surface area contributed by atoms with Crippen molar-refractivity contribution in [3.8, 4) is 0 Å². The standard InChI is InChI=1S/C15H21NO/c1-12-6-2-3-7-13(12)10-11-15(17)16-14-8-4-5-9-14/h2-3,6-7,14H,4-5,8-11H2,1H3,(H,16,17). The smallest absolute Gasteiger partial charge is 0.220 e. The molecule has 1 aromatic rings. The molecule has 1 aliphatic carbocycles. The molecule has 2 rings (SSSR count). The van der Waals surface area contributed by atoms with Crippen molar-refractivity contribution in [1.82, 2.24) is 5.32 Å². The molecule has 0 saturated heterocycles. The Morgan fingerprint density at radius 2 is 2.00 bits per heavy atom. The highest BCUT2D eigenvalue weighted by atomic mass is 16.1. The van der Waals surface area contributed by atoms with Crippen molar-refractivity contribution in [3.05, 3.63) is 35.4 Å². The molecule has 1 saturated carbocycles. The Hall–Kier alpha value is -1.31. The summed E-state index contributed by atoms with van der Waals surface area (Å²) in [7, 11) is 0. The second kappa shape index (κ2) is 5.85. The van der Waals surface area contributed by atoms with E-state index >= 15 is 0 Å². The second-order valence-corrected chi connectivity index (χ2v) is 4.98. The largest absolute Gasteiger partial charge is 0.353 e. The van der Waals surface area contributed by atoms with Crippen LogP contribution in [-0.4, -0.2) is 11.9 Å². The fourth-order valence-electron chi connectivity index (χ4n) is 2.51. The van der Waals surface area contributed by atoms with Gasteiger partial charge in [-0.15, -0.1) is 0 Å². The first-order valence-electron chi connectivity index (χ1n) is 6.59. The summed E-state index contributed by atoms with van der Waals surface area (Å²) in [5.41, 5.74) is 2.57. The summed E-state index contributed by atoms with van der Waals surface area (Å²) in [6.07, 6.45) is 6.32. The first kappa shape index (κ1) is 12.2. The van der Waals surface area contributed by atoms with E-state index in [9.17, 15) is 4.79 Å². The van der Waals surface area contributed by atoms with Crippen molar-refractivity contribution in [1.29, 1.82) is 0 Å². The zero-order valence-electron chi connectivity index (χ0n) is 10.5. The Bertz CT molecular complexity index is 380. The van der Waals surface area contributed by atoms with Gasteiger partial charge in [-0.05, 0) is 37.3 Å². The van der Waals surface area contributed by atoms with Crippen molar-refractivity contribution in [2.45, 2.75) is 51.5 Å². The fraction of sp³-hybridized carbons (Fsp3) is 0.533. The highest BCUT2D eigenvalue weighted by molar-refractivity contribution is 5.76. The van der Waals surface area contributed by atoms with Gasteiger partial charge >= 0.3 is 0 Å². The third-order valence-corrected chi connectivity index (χ3v) is 3.60. The Morgan fingerprint density at radius 3 is 2.71 bits per heavy atom. The fourth-order valence-corrected chi connectivity index (χ4v) is 2.51. The van der Waals surface area contributed by atoms with Gasteiger partial charge in [0.1, 0.15) is 0 Å². The predicted molar refractivity (Wildman–Crippen MR) is 69.9 cm³/mol. The van der Waals surface area contributed by atoms with E-state index < -0.39 is 0 Å². The van der Waals surface area contributed by atoms with Gasteiger partial charge in [-0.1, -0.05) is 37.1 Å². The number of carbonyl (C=O) groups is 1. The molecule has 0 spiro atoms. The van der Waals surface area contributed by atoms with Crippen LogP contribution in [0.25, 0.3) is 0 Å². The maximum absolute atomic E-state index is 11.8. The number of hydrogen-bond acceptors (Lipinski definition) is 1. The van der Waals surface area contributed by atoms with Crippen LogP contribution in [0.15, 0.2) is 24.3 Å². The topological polar surface area (TPSA) is 29.1 Å². The van der Waals surface area contributed by atoms with E-state index in [1.54, 1.807) is 0 Å². The molecule has 17 heavy (non-hydrogen) atoms. The lowest BCUT2D eigenvalue weighted by atomic mass is 10.0. The first-order chi connectivity index (χ1) is 8.25. The van der Waals surface area contributed by atoms with Crippen molar-refractivity contribution < 1.29 is 4.79 Å². The van der Waals surface area contributed by atoms with E-state index in [1.807, 2.05) is 12.1 Å². The van der Waals surface area contributed by atoms with E-state index in [-0.39, 0.29) is 5.91 Å². The molecule has 1 aromatic carbocycles. The average Bonchev–Trinajstić information content (AvgIpc) is 2.81. The minimum Gasteiger partial charge on any atom is -0.353 e. The number of rotatable bonds is 4. The Labute approximate surface area is 103 Å². The summed E-state index contributed by atoms with van der Waals surface area (Å²) >= 11 is 0. The van der Waals surface area contributed by atoms with Gasteiger partial charge in [-0.25, -0.2) is 0 Å². The van der Waals surface area contributed by atoms with Crippen molar-refractivity contribution in [2.75, 3.05) is 0 Å². The van der Waals surface area contributed by atoms with E-state index in [0.29, 0.717) is 12.5 Å².